The number of hydrogen-bond acceptors (Lipinski definition) is 4. The quantitative estimate of drug-likeness (QED) is 0.261. The lowest BCUT2D eigenvalue weighted by atomic mass is 9.98. The molecule has 2 N–H and O–H groups in total. The smallest absolute Gasteiger partial charge is 0.282 e. The normalized spacial score (nSPS) is 12.1. The molecule has 3 aromatic rings. The Morgan fingerprint density at radius 1 is 0.971 bits per heavy atom. The van der Waals surface area contributed by atoms with Crippen LogP contribution in [0.5, 0.6) is 0 Å². The molecule has 6 nitrogen and oxygen atoms in total. The van der Waals surface area contributed by atoms with Gasteiger partial charge in [-0.2, -0.15) is 26.7 Å². The van der Waals surface area contributed by atoms with E-state index in [9.17, 15) is 30.9 Å². The zero-order chi connectivity index (χ0) is 24.8. The van der Waals surface area contributed by atoms with E-state index in [4.69, 9.17) is 0 Å². The third-order valence-corrected chi connectivity index (χ3v) is 5.85. The molecule has 0 bridgehead atoms. The number of alkyl halides is 3. The van der Waals surface area contributed by atoms with Crippen molar-refractivity contribution >= 4 is 22.2 Å². The molecule has 0 aliphatic carbocycles. The largest absolute Gasteiger partial charge is 0.416 e. The number of halogens is 3. The zero-order valence-electron chi connectivity index (χ0n) is 17.8. The molecule has 0 spiro atoms. The van der Waals surface area contributed by atoms with Crippen LogP contribution in [-0.2, 0) is 27.5 Å². The van der Waals surface area contributed by atoms with Crippen LogP contribution in [0.15, 0.2) is 82.8 Å². The zero-order valence-corrected chi connectivity index (χ0v) is 18.6. The summed E-state index contributed by atoms with van der Waals surface area (Å²) in [7, 11) is -4.81. The number of aryl methyl sites for hydroxylation is 1. The molecule has 0 aliphatic rings. The highest BCUT2D eigenvalue weighted by Crippen LogP contribution is 2.36. The van der Waals surface area contributed by atoms with Gasteiger partial charge in [0.1, 0.15) is 4.90 Å². The molecule has 3 rings (SSSR count). The van der Waals surface area contributed by atoms with Gasteiger partial charge in [0.25, 0.3) is 10.1 Å². The van der Waals surface area contributed by atoms with Crippen molar-refractivity contribution in [2.24, 2.45) is 5.10 Å². The van der Waals surface area contributed by atoms with Gasteiger partial charge in [0.15, 0.2) is 0 Å². The van der Waals surface area contributed by atoms with Crippen LogP contribution in [-0.4, -0.2) is 25.1 Å². The average molecular weight is 491 g/mol. The van der Waals surface area contributed by atoms with E-state index in [0.29, 0.717) is 24.6 Å². The Morgan fingerprint density at radius 2 is 1.65 bits per heavy atom. The number of amides is 1. The van der Waals surface area contributed by atoms with Crippen LogP contribution in [0.2, 0.25) is 0 Å². The number of carbonyl (C=O) groups excluding carboxylic acids is 1. The van der Waals surface area contributed by atoms with Gasteiger partial charge in [0.05, 0.1) is 11.8 Å². The lowest BCUT2D eigenvalue weighted by Crippen LogP contribution is -2.17. The molecule has 0 heterocycles. The second kappa shape index (κ2) is 10.6. The van der Waals surface area contributed by atoms with Crippen LogP contribution in [0.3, 0.4) is 0 Å². The van der Waals surface area contributed by atoms with Crippen molar-refractivity contribution in [2.45, 2.75) is 30.3 Å². The summed E-state index contributed by atoms with van der Waals surface area (Å²) in [6.07, 6.45) is -1.98. The molecule has 0 saturated carbocycles. The van der Waals surface area contributed by atoms with Crippen molar-refractivity contribution < 1.29 is 30.9 Å². The van der Waals surface area contributed by atoms with Crippen LogP contribution < -0.4 is 5.43 Å². The van der Waals surface area contributed by atoms with Gasteiger partial charge in [-0.05, 0) is 42.2 Å². The summed E-state index contributed by atoms with van der Waals surface area (Å²) in [5.74, 6) is -0.345. The van der Waals surface area contributed by atoms with E-state index in [1.54, 1.807) is 6.07 Å². The summed E-state index contributed by atoms with van der Waals surface area (Å²) in [5.41, 5.74) is 2.38. The first-order chi connectivity index (χ1) is 16.1. The molecule has 10 heteroatoms. The molecule has 0 radical (unpaired) electrons. The minimum Gasteiger partial charge on any atom is -0.282 e. The molecule has 34 heavy (non-hydrogen) atoms. The lowest BCUT2D eigenvalue weighted by molar-refractivity contribution is -0.137. The maximum absolute atomic E-state index is 13.2. The molecule has 1 amide bonds. The van der Waals surface area contributed by atoms with Gasteiger partial charge in [0, 0.05) is 17.5 Å². The van der Waals surface area contributed by atoms with Gasteiger partial charge >= 0.3 is 6.18 Å². The maximum Gasteiger partial charge on any atom is 0.416 e. The van der Waals surface area contributed by atoms with E-state index in [1.807, 2.05) is 30.3 Å². The second-order valence-electron chi connectivity index (χ2n) is 7.40. The predicted molar refractivity (Wildman–Crippen MR) is 122 cm³/mol. The van der Waals surface area contributed by atoms with Crippen molar-refractivity contribution in [2.75, 3.05) is 0 Å². The van der Waals surface area contributed by atoms with Crippen molar-refractivity contribution in [1.29, 1.82) is 0 Å². The fourth-order valence-corrected chi connectivity index (χ4v) is 4.01. The SMILES string of the molecule is O=C(CCCc1ccccc1)NN=Cc1ccccc1-c1cc(C(F)(F)F)ccc1S(=O)(=O)O. The molecule has 0 atom stereocenters. The molecular formula is C24H21F3N2O4S. The highest BCUT2D eigenvalue weighted by atomic mass is 32.2. The van der Waals surface area contributed by atoms with Crippen LogP contribution in [0.1, 0.15) is 29.5 Å². The average Bonchev–Trinajstić information content (AvgIpc) is 2.78. The van der Waals surface area contributed by atoms with Crippen molar-refractivity contribution in [3.63, 3.8) is 0 Å². The minimum absolute atomic E-state index is 0.0864. The minimum atomic E-state index is -4.81. The summed E-state index contributed by atoms with van der Waals surface area (Å²) < 4.78 is 72.8. The third-order valence-electron chi connectivity index (χ3n) is 4.94. The number of hydrogen-bond donors (Lipinski definition) is 2. The van der Waals surface area contributed by atoms with Crippen molar-refractivity contribution in [3.8, 4) is 11.1 Å². The lowest BCUT2D eigenvalue weighted by Gasteiger charge is -2.14. The summed E-state index contributed by atoms with van der Waals surface area (Å²) in [6.45, 7) is 0. The Morgan fingerprint density at radius 3 is 2.32 bits per heavy atom. The molecule has 0 saturated heterocycles. The summed E-state index contributed by atoms with van der Waals surface area (Å²) >= 11 is 0. The summed E-state index contributed by atoms with van der Waals surface area (Å²) in [5, 5.41) is 3.86. The molecule has 0 aliphatic heterocycles. The number of nitrogens with one attached hydrogen (secondary N) is 1. The topological polar surface area (TPSA) is 95.8 Å². The first kappa shape index (κ1) is 25.1. The molecule has 0 fully saturated rings. The summed E-state index contributed by atoms with van der Waals surface area (Å²) in [6, 6.07) is 17.6. The Bertz CT molecular complexity index is 1290. The Hall–Kier alpha value is -3.50. The predicted octanol–water partition coefficient (Wildman–Crippen LogP) is 5.09. The van der Waals surface area contributed by atoms with Gasteiger partial charge in [-0.1, -0.05) is 54.6 Å². The first-order valence-corrected chi connectivity index (χ1v) is 11.6. The number of benzene rings is 3. The van der Waals surface area contributed by atoms with Gasteiger partial charge in [-0.3, -0.25) is 9.35 Å². The summed E-state index contributed by atoms with van der Waals surface area (Å²) in [4.78, 5) is 11.4. The number of nitrogens with zero attached hydrogens (tertiary/aromatic N) is 1. The molecule has 3 aromatic carbocycles. The maximum atomic E-state index is 13.2. The van der Waals surface area contributed by atoms with Crippen LogP contribution in [0.4, 0.5) is 13.2 Å². The van der Waals surface area contributed by atoms with Crippen molar-refractivity contribution in [1.82, 2.24) is 5.43 Å². The van der Waals surface area contributed by atoms with Gasteiger partial charge in [-0.25, -0.2) is 5.43 Å². The fourth-order valence-electron chi connectivity index (χ4n) is 3.32. The second-order valence-corrected chi connectivity index (χ2v) is 8.79. The van der Waals surface area contributed by atoms with E-state index >= 15 is 0 Å². The highest BCUT2D eigenvalue weighted by molar-refractivity contribution is 7.86. The van der Waals surface area contributed by atoms with Crippen LogP contribution >= 0.6 is 0 Å². The standard InChI is InChI=1S/C24H21F3N2O4S/c25-24(26,27)19-13-14-22(34(31,32)33)21(15-19)20-11-5-4-10-18(20)16-28-29-23(30)12-6-9-17-7-2-1-3-8-17/h1-5,7-8,10-11,13-16H,6,9,12H2,(H,29,30)(H,31,32,33). The van der Waals surface area contributed by atoms with Gasteiger partial charge in [0.2, 0.25) is 5.91 Å². The van der Waals surface area contributed by atoms with Crippen LogP contribution in [0, 0.1) is 0 Å². The molecule has 0 unspecified atom stereocenters. The Kier molecular flexibility index (Phi) is 7.85. The number of hydrazone groups is 1. The molecule has 0 aromatic heterocycles. The van der Waals surface area contributed by atoms with Crippen molar-refractivity contribution in [3.05, 3.63) is 89.5 Å². The van der Waals surface area contributed by atoms with Crippen LogP contribution in [0.25, 0.3) is 11.1 Å². The van der Waals surface area contributed by atoms with Gasteiger partial charge in [-0.15, -0.1) is 0 Å². The van der Waals surface area contributed by atoms with E-state index in [0.717, 1.165) is 12.0 Å². The van der Waals surface area contributed by atoms with Gasteiger partial charge < -0.3 is 0 Å². The van der Waals surface area contributed by atoms with E-state index in [2.05, 4.69) is 10.5 Å². The molecule has 178 valence electrons. The number of carbonyl (C=O) groups is 1. The molecular weight excluding hydrogens is 469 g/mol. The number of rotatable bonds is 8. The van der Waals surface area contributed by atoms with E-state index < -0.39 is 26.8 Å². The van der Waals surface area contributed by atoms with E-state index in [-0.39, 0.29) is 29.0 Å². The monoisotopic (exact) mass is 490 g/mol. The van der Waals surface area contributed by atoms with E-state index in [1.165, 1.54) is 24.4 Å². The Labute approximate surface area is 194 Å². The fraction of sp³-hybridized carbons (Fsp3) is 0.167. The first-order valence-electron chi connectivity index (χ1n) is 10.2. The Balaban J connectivity index is 1.79. The highest BCUT2D eigenvalue weighted by Gasteiger charge is 2.32. The third kappa shape index (κ3) is 6.75.